The highest BCUT2D eigenvalue weighted by Gasteiger charge is 2.18. The van der Waals surface area contributed by atoms with E-state index in [9.17, 15) is 13.2 Å². The standard InChI is InChI=1S/C23H24N2O5S/c1-17(18-8-4-3-5-9-18)25-31(27,28)20-14-12-19(13-15-20)30-16-23(26)24-21-10-6-7-11-22(21)29-2/h3-15,17,25H,16H2,1-2H3,(H,24,26)/t17-/m1/s1. The first-order chi connectivity index (χ1) is 14.9. The molecular weight excluding hydrogens is 416 g/mol. The summed E-state index contributed by atoms with van der Waals surface area (Å²) in [5.74, 6) is 0.562. The van der Waals surface area contributed by atoms with Crippen LogP contribution in [0.4, 0.5) is 5.69 Å². The van der Waals surface area contributed by atoms with Crippen molar-refractivity contribution < 1.29 is 22.7 Å². The molecule has 1 atom stereocenters. The molecule has 0 saturated carbocycles. The van der Waals surface area contributed by atoms with E-state index in [1.165, 1.54) is 31.4 Å². The monoisotopic (exact) mass is 440 g/mol. The average Bonchev–Trinajstić information content (AvgIpc) is 2.78. The van der Waals surface area contributed by atoms with Crippen molar-refractivity contribution in [3.05, 3.63) is 84.4 Å². The van der Waals surface area contributed by atoms with Crippen molar-refractivity contribution >= 4 is 21.6 Å². The van der Waals surface area contributed by atoms with Gasteiger partial charge in [-0.15, -0.1) is 0 Å². The molecule has 7 nitrogen and oxygen atoms in total. The van der Waals surface area contributed by atoms with Gasteiger partial charge in [-0.25, -0.2) is 13.1 Å². The Morgan fingerprint density at radius 2 is 1.58 bits per heavy atom. The number of benzene rings is 3. The van der Waals surface area contributed by atoms with Gasteiger partial charge in [-0.1, -0.05) is 42.5 Å². The molecule has 0 saturated heterocycles. The van der Waals surface area contributed by atoms with Crippen LogP contribution in [-0.4, -0.2) is 28.0 Å². The lowest BCUT2D eigenvalue weighted by molar-refractivity contribution is -0.118. The number of para-hydroxylation sites is 2. The summed E-state index contributed by atoms with van der Waals surface area (Å²) in [6, 6.07) is 21.9. The van der Waals surface area contributed by atoms with Gasteiger partial charge in [0.2, 0.25) is 10.0 Å². The van der Waals surface area contributed by atoms with Gasteiger partial charge >= 0.3 is 0 Å². The van der Waals surface area contributed by atoms with Crippen molar-refractivity contribution in [2.24, 2.45) is 0 Å². The van der Waals surface area contributed by atoms with E-state index in [1.807, 2.05) is 30.3 Å². The van der Waals surface area contributed by atoms with Crippen molar-refractivity contribution in [2.75, 3.05) is 19.0 Å². The molecule has 0 bridgehead atoms. The number of anilines is 1. The Balaban J connectivity index is 1.57. The number of carbonyl (C=O) groups is 1. The third kappa shape index (κ3) is 6.07. The van der Waals surface area contributed by atoms with Crippen molar-refractivity contribution in [1.29, 1.82) is 0 Å². The number of methoxy groups -OCH3 is 1. The lowest BCUT2D eigenvalue weighted by Gasteiger charge is -2.15. The quantitative estimate of drug-likeness (QED) is 0.529. The number of hydrogen-bond donors (Lipinski definition) is 2. The third-order valence-corrected chi connectivity index (χ3v) is 6.07. The predicted molar refractivity (Wildman–Crippen MR) is 119 cm³/mol. The van der Waals surface area contributed by atoms with E-state index in [4.69, 9.17) is 9.47 Å². The van der Waals surface area contributed by atoms with Crippen LogP contribution in [0.5, 0.6) is 11.5 Å². The van der Waals surface area contributed by atoms with E-state index in [0.29, 0.717) is 17.2 Å². The van der Waals surface area contributed by atoms with Gasteiger partial charge in [0.05, 0.1) is 17.7 Å². The van der Waals surface area contributed by atoms with Crippen LogP contribution in [0.15, 0.2) is 83.8 Å². The third-order valence-electron chi connectivity index (χ3n) is 4.52. The average molecular weight is 441 g/mol. The summed E-state index contributed by atoms with van der Waals surface area (Å²) < 4.78 is 38.6. The maximum Gasteiger partial charge on any atom is 0.262 e. The van der Waals surface area contributed by atoms with E-state index < -0.39 is 10.0 Å². The minimum Gasteiger partial charge on any atom is -0.495 e. The molecule has 0 aliphatic rings. The second-order valence-electron chi connectivity index (χ2n) is 6.76. The number of amides is 1. The smallest absolute Gasteiger partial charge is 0.262 e. The zero-order chi connectivity index (χ0) is 22.3. The van der Waals surface area contributed by atoms with Gasteiger partial charge in [-0.2, -0.15) is 0 Å². The summed E-state index contributed by atoms with van der Waals surface area (Å²) in [5, 5.41) is 2.71. The molecule has 0 heterocycles. The van der Waals surface area contributed by atoms with E-state index in [2.05, 4.69) is 10.0 Å². The number of sulfonamides is 1. The van der Waals surface area contributed by atoms with Crippen molar-refractivity contribution in [1.82, 2.24) is 4.72 Å². The van der Waals surface area contributed by atoms with E-state index in [1.54, 1.807) is 31.2 Å². The lowest BCUT2D eigenvalue weighted by Crippen LogP contribution is -2.26. The van der Waals surface area contributed by atoms with Crippen LogP contribution in [0.25, 0.3) is 0 Å². The van der Waals surface area contributed by atoms with Crippen molar-refractivity contribution in [3.8, 4) is 11.5 Å². The second-order valence-corrected chi connectivity index (χ2v) is 8.48. The van der Waals surface area contributed by atoms with Gasteiger partial charge in [-0.3, -0.25) is 4.79 Å². The molecule has 0 aliphatic carbocycles. The summed E-state index contributed by atoms with van der Waals surface area (Å²) >= 11 is 0. The number of ether oxygens (including phenoxy) is 2. The van der Waals surface area contributed by atoms with Gasteiger partial charge < -0.3 is 14.8 Å². The van der Waals surface area contributed by atoms with Crippen LogP contribution in [0, 0.1) is 0 Å². The molecule has 162 valence electrons. The van der Waals surface area contributed by atoms with Gasteiger partial charge in [0.15, 0.2) is 6.61 Å². The molecule has 0 aliphatic heterocycles. The van der Waals surface area contributed by atoms with Crippen LogP contribution in [0.1, 0.15) is 18.5 Å². The summed E-state index contributed by atoms with van der Waals surface area (Å²) in [4.78, 5) is 12.3. The maximum absolute atomic E-state index is 12.6. The summed E-state index contributed by atoms with van der Waals surface area (Å²) in [6.45, 7) is 1.55. The molecular formula is C23H24N2O5S. The summed E-state index contributed by atoms with van der Waals surface area (Å²) in [7, 11) is -2.18. The fourth-order valence-corrected chi connectivity index (χ4v) is 4.14. The predicted octanol–water partition coefficient (Wildman–Crippen LogP) is 3.75. The van der Waals surface area contributed by atoms with Crippen LogP contribution >= 0.6 is 0 Å². The molecule has 8 heteroatoms. The highest BCUT2D eigenvalue weighted by molar-refractivity contribution is 7.89. The molecule has 31 heavy (non-hydrogen) atoms. The van der Waals surface area contributed by atoms with Gasteiger partial charge in [0.25, 0.3) is 5.91 Å². The Morgan fingerprint density at radius 3 is 2.26 bits per heavy atom. The molecule has 2 N–H and O–H groups in total. The zero-order valence-corrected chi connectivity index (χ0v) is 18.1. The number of rotatable bonds is 9. The van der Waals surface area contributed by atoms with Crippen molar-refractivity contribution in [2.45, 2.75) is 17.9 Å². The molecule has 0 unspecified atom stereocenters. The molecule has 1 amide bonds. The zero-order valence-electron chi connectivity index (χ0n) is 17.2. The Morgan fingerprint density at radius 1 is 0.935 bits per heavy atom. The minimum absolute atomic E-state index is 0.112. The van der Waals surface area contributed by atoms with Crippen LogP contribution in [-0.2, 0) is 14.8 Å². The SMILES string of the molecule is COc1ccccc1NC(=O)COc1ccc(S(=O)(=O)N[C@H](C)c2ccccc2)cc1. The van der Waals surface area contributed by atoms with Gasteiger partial charge in [-0.05, 0) is 48.9 Å². The fraction of sp³-hybridized carbons (Fsp3) is 0.174. The second kappa shape index (κ2) is 10.1. The first kappa shape index (κ1) is 22.3. The Labute approximate surface area is 182 Å². The van der Waals surface area contributed by atoms with Gasteiger partial charge in [0, 0.05) is 6.04 Å². The van der Waals surface area contributed by atoms with Crippen LogP contribution < -0.4 is 19.5 Å². The van der Waals surface area contributed by atoms with Crippen LogP contribution in [0.3, 0.4) is 0 Å². The lowest BCUT2D eigenvalue weighted by atomic mass is 10.1. The minimum atomic E-state index is -3.70. The largest absolute Gasteiger partial charge is 0.495 e. The number of hydrogen-bond acceptors (Lipinski definition) is 5. The maximum atomic E-state index is 12.6. The number of nitrogens with one attached hydrogen (secondary N) is 2. The topological polar surface area (TPSA) is 93.7 Å². The van der Waals surface area contributed by atoms with E-state index in [-0.39, 0.29) is 23.5 Å². The molecule has 0 aromatic heterocycles. The highest BCUT2D eigenvalue weighted by Crippen LogP contribution is 2.23. The normalized spacial score (nSPS) is 12.1. The van der Waals surface area contributed by atoms with E-state index >= 15 is 0 Å². The molecule has 0 fully saturated rings. The molecule has 3 aromatic carbocycles. The first-order valence-corrected chi connectivity index (χ1v) is 11.1. The molecule has 0 radical (unpaired) electrons. The van der Waals surface area contributed by atoms with Crippen molar-refractivity contribution in [3.63, 3.8) is 0 Å². The van der Waals surface area contributed by atoms with E-state index in [0.717, 1.165) is 5.56 Å². The molecule has 3 rings (SSSR count). The Kier molecular flexibility index (Phi) is 7.28. The Bertz CT molecular complexity index is 1120. The highest BCUT2D eigenvalue weighted by atomic mass is 32.2. The molecule has 3 aromatic rings. The summed E-state index contributed by atoms with van der Waals surface area (Å²) in [6.07, 6.45) is 0. The Hall–Kier alpha value is -3.36. The number of carbonyl (C=O) groups excluding carboxylic acids is 1. The van der Waals surface area contributed by atoms with Gasteiger partial charge in [0.1, 0.15) is 11.5 Å². The van der Waals surface area contributed by atoms with Crippen LogP contribution in [0.2, 0.25) is 0 Å². The summed E-state index contributed by atoms with van der Waals surface area (Å²) in [5.41, 5.74) is 1.41. The first-order valence-electron chi connectivity index (χ1n) is 9.62. The fourth-order valence-electron chi connectivity index (χ4n) is 2.91. The molecule has 0 spiro atoms.